The standard InChI is InChI=1S/C15H30O.H2O4S.H2O/c1-2-3-4-5-6-7-8-9-10-11-12-13-14-15-16;1-5(2,3)4;/h15H,2-14H2,1H3;(H2,1,2,3,4);1H2. The van der Waals surface area contributed by atoms with Crippen LogP contribution in [0.4, 0.5) is 0 Å². The number of hydrogen-bond acceptors (Lipinski definition) is 3. The summed E-state index contributed by atoms with van der Waals surface area (Å²) in [4.78, 5) is 10.1. The molecule has 0 aliphatic rings. The molecule has 0 aromatic heterocycles. The van der Waals surface area contributed by atoms with Crippen LogP contribution in [-0.2, 0) is 15.2 Å². The highest BCUT2D eigenvalue weighted by atomic mass is 32.3. The molecule has 0 spiro atoms. The summed E-state index contributed by atoms with van der Waals surface area (Å²) in [5.41, 5.74) is 0. The zero-order chi connectivity index (χ0) is 16.4. The van der Waals surface area contributed by atoms with Crippen LogP contribution >= 0.6 is 0 Å². The van der Waals surface area contributed by atoms with Gasteiger partial charge in [-0.2, -0.15) is 8.42 Å². The van der Waals surface area contributed by atoms with E-state index in [1.807, 2.05) is 0 Å². The van der Waals surface area contributed by atoms with Gasteiger partial charge in [0, 0.05) is 6.42 Å². The Labute approximate surface area is 135 Å². The fraction of sp³-hybridized carbons (Fsp3) is 0.933. The molecule has 0 amide bonds. The molecular formula is C15H34O6S. The van der Waals surface area contributed by atoms with E-state index >= 15 is 0 Å². The highest BCUT2D eigenvalue weighted by Crippen LogP contribution is 2.12. The molecule has 0 bridgehead atoms. The van der Waals surface area contributed by atoms with Gasteiger partial charge in [0.15, 0.2) is 0 Å². The quantitative estimate of drug-likeness (QED) is 0.299. The second-order valence-corrected chi connectivity index (χ2v) is 6.19. The molecule has 0 aromatic carbocycles. The van der Waals surface area contributed by atoms with Crippen molar-refractivity contribution in [3.63, 3.8) is 0 Å². The molecule has 136 valence electrons. The number of hydrogen-bond donors (Lipinski definition) is 2. The summed E-state index contributed by atoms with van der Waals surface area (Å²) in [6.45, 7) is 2.27. The van der Waals surface area contributed by atoms with Gasteiger partial charge in [-0.1, -0.05) is 77.6 Å². The van der Waals surface area contributed by atoms with Gasteiger partial charge in [0.25, 0.3) is 0 Å². The summed E-state index contributed by atoms with van der Waals surface area (Å²) in [5.74, 6) is 0. The van der Waals surface area contributed by atoms with Crippen LogP contribution in [0.15, 0.2) is 0 Å². The topological polar surface area (TPSA) is 123 Å². The predicted molar refractivity (Wildman–Crippen MR) is 89.6 cm³/mol. The van der Waals surface area contributed by atoms with Crippen molar-refractivity contribution in [3.05, 3.63) is 0 Å². The van der Waals surface area contributed by atoms with Crippen LogP contribution in [-0.4, -0.2) is 29.3 Å². The Hall–Kier alpha value is -0.500. The van der Waals surface area contributed by atoms with E-state index in [1.54, 1.807) is 0 Å². The smallest absolute Gasteiger partial charge is 0.394 e. The van der Waals surface area contributed by atoms with Crippen LogP contribution in [0.2, 0.25) is 0 Å². The summed E-state index contributed by atoms with van der Waals surface area (Å²) in [5, 5.41) is 0. The van der Waals surface area contributed by atoms with Crippen LogP contribution in [0.3, 0.4) is 0 Å². The van der Waals surface area contributed by atoms with E-state index in [2.05, 4.69) is 6.92 Å². The number of rotatable bonds is 13. The lowest BCUT2D eigenvalue weighted by Gasteiger charge is -2.01. The molecule has 0 unspecified atom stereocenters. The summed E-state index contributed by atoms with van der Waals surface area (Å²) in [6, 6.07) is 0. The minimum Gasteiger partial charge on any atom is -0.412 e. The second kappa shape index (κ2) is 20.5. The first-order chi connectivity index (χ1) is 9.91. The molecule has 0 aromatic rings. The SMILES string of the molecule is CCCCCCCCCCCCCCC=O.O.O=S(=O)(O)O. The first kappa shape index (κ1) is 26.4. The van der Waals surface area contributed by atoms with Crippen LogP contribution < -0.4 is 0 Å². The Balaban J connectivity index is -0.000000520. The molecule has 22 heavy (non-hydrogen) atoms. The lowest BCUT2D eigenvalue weighted by atomic mass is 10.0. The molecular weight excluding hydrogens is 308 g/mol. The van der Waals surface area contributed by atoms with E-state index in [1.165, 1.54) is 70.6 Å². The highest BCUT2D eigenvalue weighted by molar-refractivity contribution is 7.79. The van der Waals surface area contributed by atoms with Gasteiger partial charge in [-0.25, -0.2) is 0 Å². The van der Waals surface area contributed by atoms with E-state index in [0.717, 1.165) is 19.1 Å². The van der Waals surface area contributed by atoms with Crippen LogP contribution in [0, 0.1) is 0 Å². The number of carbonyl (C=O) groups excluding carboxylic acids is 1. The number of aldehydes is 1. The van der Waals surface area contributed by atoms with Crippen LogP contribution in [0.5, 0.6) is 0 Å². The fourth-order valence-corrected chi connectivity index (χ4v) is 2.07. The normalized spacial score (nSPS) is 10.3. The fourth-order valence-electron chi connectivity index (χ4n) is 2.07. The molecule has 0 saturated carbocycles. The first-order valence-corrected chi connectivity index (χ1v) is 9.45. The van der Waals surface area contributed by atoms with Crippen molar-refractivity contribution in [3.8, 4) is 0 Å². The van der Waals surface area contributed by atoms with E-state index in [0.29, 0.717) is 0 Å². The lowest BCUT2D eigenvalue weighted by Crippen LogP contribution is -1.89. The van der Waals surface area contributed by atoms with Gasteiger partial charge in [0.1, 0.15) is 6.29 Å². The Kier molecular flexibility index (Phi) is 24.6. The third-order valence-electron chi connectivity index (χ3n) is 3.18. The van der Waals surface area contributed by atoms with Gasteiger partial charge < -0.3 is 10.3 Å². The van der Waals surface area contributed by atoms with Gasteiger partial charge in [-0.05, 0) is 6.42 Å². The van der Waals surface area contributed by atoms with Gasteiger partial charge >= 0.3 is 10.4 Å². The maximum Gasteiger partial charge on any atom is 0.394 e. The van der Waals surface area contributed by atoms with Crippen molar-refractivity contribution < 1.29 is 27.8 Å². The maximum absolute atomic E-state index is 10.1. The minimum atomic E-state index is -4.67. The van der Waals surface area contributed by atoms with Gasteiger partial charge in [0.2, 0.25) is 0 Å². The van der Waals surface area contributed by atoms with Gasteiger partial charge in [-0.3, -0.25) is 9.11 Å². The predicted octanol–water partition coefficient (Wildman–Crippen LogP) is 3.80. The van der Waals surface area contributed by atoms with Crippen molar-refractivity contribution in [2.45, 2.75) is 90.4 Å². The van der Waals surface area contributed by atoms with Crippen LogP contribution in [0.1, 0.15) is 90.4 Å². The zero-order valence-electron chi connectivity index (χ0n) is 13.8. The largest absolute Gasteiger partial charge is 0.412 e. The summed E-state index contributed by atoms with van der Waals surface area (Å²) in [6.07, 6.45) is 18.1. The Morgan fingerprint density at radius 2 is 1.00 bits per heavy atom. The highest BCUT2D eigenvalue weighted by Gasteiger charge is 1.92. The molecule has 0 aliphatic heterocycles. The Morgan fingerprint density at radius 1 is 0.727 bits per heavy atom. The monoisotopic (exact) mass is 342 g/mol. The van der Waals surface area contributed by atoms with Gasteiger partial charge in [-0.15, -0.1) is 0 Å². The molecule has 6 nitrogen and oxygen atoms in total. The first-order valence-electron chi connectivity index (χ1n) is 8.05. The lowest BCUT2D eigenvalue weighted by molar-refractivity contribution is -0.107. The van der Waals surface area contributed by atoms with E-state index in [-0.39, 0.29) is 5.48 Å². The summed E-state index contributed by atoms with van der Waals surface area (Å²) in [7, 11) is -4.67. The van der Waals surface area contributed by atoms with E-state index < -0.39 is 10.4 Å². The summed E-state index contributed by atoms with van der Waals surface area (Å²) < 4.78 is 31.6. The molecule has 0 heterocycles. The van der Waals surface area contributed by atoms with Crippen molar-refractivity contribution in [1.29, 1.82) is 0 Å². The third-order valence-corrected chi connectivity index (χ3v) is 3.18. The van der Waals surface area contributed by atoms with Crippen molar-refractivity contribution >= 4 is 16.7 Å². The molecule has 0 aliphatic carbocycles. The molecule has 0 fully saturated rings. The summed E-state index contributed by atoms with van der Waals surface area (Å²) >= 11 is 0. The molecule has 0 atom stereocenters. The van der Waals surface area contributed by atoms with Crippen molar-refractivity contribution in [2.75, 3.05) is 0 Å². The van der Waals surface area contributed by atoms with Gasteiger partial charge in [0.05, 0.1) is 0 Å². The molecule has 0 radical (unpaired) electrons. The van der Waals surface area contributed by atoms with E-state index in [4.69, 9.17) is 17.5 Å². The average molecular weight is 342 g/mol. The minimum absolute atomic E-state index is 0. The van der Waals surface area contributed by atoms with Crippen molar-refractivity contribution in [2.24, 2.45) is 0 Å². The number of carbonyl (C=O) groups is 1. The third kappa shape index (κ3) is 42.7. The number of unbranched alkanes of at least 4 members (excludes halogenated alkanes) is 12. The van der Waals surface area contributed by atoms with Crippen molar-refractivity contribution in [1.82, 2.24) is 0 Å². The Morgan fingerprint density at radius 3 is 1.27 bits per heavy atom. The molecule has 4 N–H and O–H groups in total. The molecule has 7 heteroatoms. The zero-order valence-corrected chi connectivity index (χ0v) is 14.6. The molecule has 0 rings (SSSR count). The van der Waals surface area contributed by atoms with E-state index in [9.17, 15) is 4.79 Å². The van der Waals surface area contributed by atoms with Crippen LogP contribution in [0.25, 0.3) is 0 Å². The maximum atomic E-state index is 10.1. The molecule has 0 saturated heterocycles. The Bertz CT molecular complexity index is 295. The average Bonchev–Trinajstić information content (AvgIpc) is 2.38. The second-order valence-electron chi connectivity index (χ2n) is 5.29.